The molecule has 0 aromatic heterocycles. The van der Waals surface area contributed by atoms with E-state index < -0.39 is 11.8 Å². The van der Waals surface area contributed by atoms with Crippen LogP contribution in [0.1, 0.15) is 0 Å². The topological polar surface area (TPSA) is 46.6 Å². The zero-order chi connectivity index (χ0) is 14.0. The van der Waals surface area contributed by atoms with Gasteiger partial charge in [0.2, 0.25) is 11.8 Å². The predicted molar refractivity (Wildman–Crippen MR) is 73.7 cm³/mol. The molecule has 2 amide bonds. The van der Waals surface area contributed by atoms with Crippen molar-refractivity contribution in [3.05, 3.63) is 40.4 Å². The number of carbonyl (C=O) groups is 2. The third-order valence-corrected chi connectivity index (χ3v) is 4.60. The lowest BCUT2D eigenvalue weighted by Crippen LogP contribution is -2.34. The minimum Gasteiger partial charge on any atom is -0.365 e. The summed E-state index contributed by atoms with van der Waals surface area (Å²) in [5, 5.41) is 0.753. The van der Waals surface area contributed by atoms with Gasteiger partial charge in [-0.15, -0.1) is 0 Å². The van der Waals surface area contributed by atoms with Gasteiger partial charge in [0.25, 0.3) is 0 Å². The maximum absolute atomic E-state index is 12.5. The summed E-state index contributed by atoms with van der Waals surface area (Å²) in [5.41, 5.74) is 0.389. The number of ether oxygens (including phenoxy) is 1. The zero-order valence-corrected chi connectivity index (χ0v) is 11.6. The molecule has 4 rings (SSSR count). The Labute approximate surface area is 124 Å². The summed E-state index contributed by atoms with van der Waals surface area (Å²) in [6.45, 7) is 0. The van der Waals surface area contributed by atoms with Crippen LogP contribution in [0.3, 0.4) is 0 Å². The molecule has 0 unspecified atom stereocenters. The minimum absolute atomic E-state index is 0.249. The second kappa shape index (κ2) is 4.07. The number of imide groups is 1. The number of rotatable bonds is 1. The van der Waals surface area contributed by atoms with Crippen LogP contribution in [0, 0.1) is 11.8 Å². The van der Waals surface area contributed by atoms with E-state index in [4.69, 9.17) is 27.9 Å². The van der Waals surface area contributed by atoms with Gasteiger partial charge in [-0.05, 0) is 18.2 Å². The molecule has 4 nitrogen and oxygen atoms in total. The van der Waals surface area contributed by atoms with Crippen molar-refractivity contribution in [2.75, 3.05) is 4.90 Å². The van der Waals surface area contributed by atoms with Crippen molar-refractivity contribution in [3.63, 3.8) is 0 Å². The van der Waals surface area contributed by atoms with Gasteiger partial charge in [0.05, 0.1) is 34.8 Å². The molecule has 0 radical (unpaired) electrons. The molecule has 1 aromatic carbocycles. The molecule has 3 heterocycles. The van der Waals surface area contributed by atoms with Crippen LogP contribution in [-0.4, -0.2) is 24.0 Å². The summed E-state index contributed by atoms with van der Waals surface area (Å²) in [7, 11) is 0. The molecule has 0 aliphatic carbocycles. The van der Waals surface area contributed by atoms with Gasteiger partial charge in [-0.3, -0.25) is 9.59 Å². The highest BCUT2D eigenvalue weighted by Gasteiger charge is 2.61. The highest BCUT2D eigenvalue weighted by atomic mass is 35.5. The van der Waals surface area contributed by atoms with Crippen LogP contribution in [0.25, 0.3) is 0 Å². The number of amides is 2. The Hall–Kier alpha value is -1.36. The van der Waals surface area contributed by atoms with Crippen molar-refractivity contribution >= 4 is 40.7 Å². The Morgan fingerprint density at radius 3 is 2.15 bits per heavy atom. The molecule has 2 bridgehead atoms. The first-order chi connectivity index (χ1) is 9.58. The van der Waals surface area contributed by atoms with E-state index in [2.05, 4.69) is 0 Å². The van der Waals surface area contributed by atoms with E-state index in [0.717, 1.165) is 0 Å². The van der Waals surface area contributed by atoms with Crippen LogP contribution < -0.4 is 4.90 Å². The molecule has 20 heavy (non-hydrogen) atoms. The Morgan fingerprint density at radius 1 is 1.00 bits per heavy atom. The molecule has 0 spiro atoms. The maximum Gasteiger partial charge on any atom is 0.240 e. The molecule has 102 valence electrons. The molecule has 6 heteroatoms. The molecule has 2 saturated heterocycles. The number of hydrogen-bond donors (Lipinski definition) is 0. The first-order valence-electron chi connectivity index (χ1n) is 6.24. The lowest BCUT2D eigenvalue weighted by molar-refractivity contribution is -0.124. The van der Waals surface area contributed by atoms with Crippen molar-refractivity contribution in [2.45, 2.75) is 12.2 Å². The standard InChI is InChI=1S/C14H9Cl2NO3/c15-6-1-2-8(7(16)5-6)17-13(18)11-9-3-4-10(20-9)12(11)14(17)19/h1-5,9-12H/t9-,10+,11+,12-. The highest BCUT2D eigenvalue weighted by molar-refractivity contribution is 6.38. The molecule has 1 aromatic rings. The van der Waals surface area contributed by atoms with Crippen molar-refractivity contribution in [1.82, 2.24) is 0 Å². The van der Waals surface area contributed by atoms with Crippen molar-refractivity contribution in [2.24, 2.45) is 11.8 Å². The van der Waals surface area contributed by atoms with E-state index in [-0.39, 0.29) is 24.0 Å². The molecular weight excluding hydrogens is 301 g/mol. The van der Waals surface area contributed by atoms with Crippen molar-refractivity contribution in [3.8, 4) is 0 Å². The quantitative estimate of drug-likeness (QED) is 0.591. The second-order valence-electron chi connectivity index (χ2n) is 5.11. The smallest absolute Gasteiger partial charge is 0.240 e. The summed E-state index contributed by atoms with van der Waals surface area (Å²) < 4.78 is 5.58. The van der Waals surface area contributed by atoms with Crippen LogP contribution in [0.15, 0.2) is 30.4 Å². The van der Waals surface area contributed by atoms with E-state index >= 15 is 0 Å². The normalized spacial score (nSPS) is 34.2. The summed E-state index contributed by atoms with van der Waals surface area (Å²) in [5.74, 6) is -1.35. The fourth-order valence-electron chi connectivity index (χ4n) is 3.20. The number of anilines is 1. The molecule has 0 saturated carbocycles. The predicted octanol–water partition coefficient (Wildman–Crippen LogP) is 2.44. The second-order valence-corrected chi connectivity index (χ2v) is 5.95. The molecule has 3 aliphatic rings. The fourth-order valence-corrected chi connectivity index (χ4v) is 3.70. The minimum atomic E-state index is -0.427. The van der Waals surface area contributed by atoms with Gasteiger partial charge in [0.1, 0.15) is 0 Å². The SMILES string of the molecule is O=C1[C@@H]2[C@H](C(=O)N1c1ccc(Cl)cc1Cl)[C@@H]1C=C[C@H]2O1. The fraction of sp³-hybridized carbons (Fsp3) is 0.286. The number of hydrogen-bond acceptors (Lipinski definition) is 3. The van der Waals surface area contributed by atoms with Gasteiger partial charge in [-0.2, -0.15) is 0 Å². The van der Waals surface area contributed by atoms with Crippen LogP contribution in [0.5, 0.6) is 0 Å². The monoisotopic (exact) mass is 309 g/mol. The highest BCUT2D eigenvalue weighted by Crippen LogP contribution is 2.47. The number of benzene rings is 1. The first-order valence-corrected chi connectivity index (χ1v) is 7.00. The Kier molecular flexibility index (Phi) is 2.52. The van der Waals surface area contributed by atoms with Gasteiger partial charge < -0.3 is 4.74 Å². The van der Waals surface area contributed by atoms with E-state index in [1.165, 1.54) is 11.0 Å². The number of carbonyl (C=O) groups excluding carboxylic acids is 2. The van der Waals surface area contributed by atoms with Gasteiger partial charge >= 0.3 is 0 Å². The Bertz CT molecular complexity index is 642. The summed E-state index contributed by atoms with van der Waals surface area (Å²) in [4.78, 5) is 26.2. The third kappa shape index (κ3) is 1.47. The zero-order valence-electron chi connectivity index (χ0n) is 10.1. The van der Waals surface area contributed by atoms with Gasteiger partial charge in [-0.1, -0.05) is 35.4 Å². The summed E-state index contributed by atoms with van der Waals surface area (Å²) in [6.07, 6.45) is 3.11. The van der Waals surface area contributed by atoms with Crippen LogP contribution in [0.4, 0.5) is 5.69 Å². The van der Waals surface area contributed by atoms with Gasteiger partial charge in [0, 0.05) is 5.02 Å². The Morgan fingerprint density at radius 2 is 1.60 bits per heavy atom. The van der Waals surface area contributed by atoms with E-state index in [1.807, 2.05) is 12.2 Å². The van der Waals surface area contributed by atoms with Crippen molar-refractivity contribution in [1.29, 1.82) is 0 Å². The maximum atomic E-state index is 12.5. The molecule has 3 aliphatic heterocycles. The van der Waals surface area contributed by atoms with Crippen LogP contribution in [-0.2, 0) is 14.3 Å². The van der Waals surface area contributed by atoms with Crippen LogP contribution >= 0.6 is 23.2 Å². The van der Waals surface area contributed by atoms with Gasteiger partial charge in [-0.25, -0.2) is 4.90 Å². The summed E-state index contributed by atoms with van der Waals surface area (Å²) >= 11 is 12.0. The lowest BCUT2D eigenvalue weighted by atomic mass is 9.85. The Balaban J connectivity index is 1.78. The van der Waals surface area contributed by atoms with Crippen LogP contribution in [0.2, 0.25) is 10.0 Å². The average molecular weight is 310 g/mol. The molecule has 0 N–H and O–H groups in total. The largest absolute Gasteiger partial charge is 0.365 e. The van der Waals surface area contributed by atoms with Gasteiger partial charge in [0.15, 0.2) is 0 Å². The first kappa shape index (κ1) is 12.4. The van der Waals surface area contributed by atoms with E-state index in [0.29, 0.717) is 15.7 Å². The third-order valence-electron chi connectivity index (χ3n) is 4.06. The van der Waals surface area contributed by atoms with E-state index in [9.17, 15) is 9.59 Å². The average Bonchev–Trinajstić information content (AvgIpc) is 3.06. The number of nitrogens with zero attached hydrogens (tertiary/aromatic N) is 1. The summed E-state index contributed by atoms with van der Waals surface area (Å²) in [6, 6.07) is 4.73. The van der Waals surface area contributed by atoms with E-state index in [1.54, 1.807) is 12.1 Å². The molecule has 2 fully saturated rings. The molecular formula is C14H9Cl2NO3. The lowest BCUT2D eigenvalue weighted by Gasteiger charge is -2.18. The number of halogens is 2. The number of fused-ring (bicyclic) bond motifs is 5. The van der Waals surface area contributed by atoms with Crippen molar-refractivity contribution < 1.29 is 14.3 Å². The molecule has 4 atom stereocenters.